The highest BCUT2D eigenvalue weighted by atomic mass is 32.2. The van der Waals surface area contributed by atoms with Crippen LogP contribution < -0.4 is 16.0 Å². The maximum absolute atomic E-state index is 13.0. The minimum atomic E-state index is -3.64. The van der Waals surface area contributed by atoms with E-state index in [2.05, 4.69) is 20.3 Å². The Labute approximate surface area is 216 Å². The monoisotopic (exact) mass is 540 g/mol. The summed E-state index contributed by atoms with van der Waals surface area (Å²) in [5.41, 5.74) is 7.05. The predicted octanol–water partition coefficient (Wildman–Crippen LogP) is 2.60. The Kier molecular flexibility index (Phi) is 8.00. The highest BCUT2D eigenvalue weighted by Gasteiger charge is 2.18. The van der Waals surface area contributed by atoms with Gasteiger partial charge in [-0.25, -0.2) is 31.8 Å². The number of anilines is 3. The molecular weight excluding hydrogens is 512 g/mol. The third kappa shape index (κ3) is 6.79. The molecule has 2 aromatic carbocycles. The number of pyridine rings is 1. The SMILES string of the molecule is CS(=O)(=O)CCNCCCN(c1ccc(S(=O)(=O)c2ccccc2)cc1)c1cc2cnc(N)nc2cn1. The molecule has 10 nitrogen and oxygen atoms in total. The normalized spacial score (nSPS) is 12.0. The maximum Gasteiger partial charge on any atom is 0.220 e. The Morgan fingerprint density at radius 1 is 0.892 bits per heavy atom. The Morgan fingerprint density at radius 3 is 2.30 bits per heavy atom. The van der Waals surface area contributed by atoms with Gasteiger partial charge in [-0.1, -0.05) is 18.2 Å². The zero-order chi connectivity index (χ0) is 26.5. The molecular formula is C25H28N6O4S2. The van der Waals surface area contributed by atoms with Gasteiger partial charge in [-0.05, 0) is 55.4 Å². The fourth-order valence-corrected chi connectivity index (χ4v) is 5.54. The number of nitrogens with one attached hydrogen (secondary N) is 1. The van der Waals surface area contributed by atoms with Crippen LogP contribution in [-0.4, -0.2) is 63.4 Å². The molecule has 0 saturated heterocycles. The van der Waals surface area contributed by atoms with Gasteiger partial charge in [0.2, 0.25) is 15.8 Å². The number of hydrogen-bond acceptors (Lipinski definition) is 10. The summed E-state index contributed by atoms with van der Waals surface area (Å²) in [6, 6.07) is 16.8. The lowest BCUT2D eigenvalue weighted by atomic mass is 10.2. The second-order valence-corrected chi connectivity index (χ2v) is 12.7. The van der Waals surface area contributed by atoms with E-state index in [1.807, 2.05) is 11.0 Å². The molecule has 4 aromatic rings. The van der Waals surface area contributed by atoms with Crippen molar-refractivity contribution in [3.05, 3.63) is 73.1 Å². The molecule has 12 heteroatoms. The van der Waals surface area contributed by atoms with Gasteiger partial charge in [0, 0.05) is 36.6 Å². The molecule has 0 unspecified atom stereocenters. The number of nitrogen functional groups attached to an aromatic ring is 1. The number of rotatable bonds is 11. The molecule has 0 atom stereocenters. The molecule has 194 valence electrons. The van der Waals surface area contributed by atoms with Gasteiger partial charge in [-0.15, -0.1) is 0 Å². The van der Waals surface area contributed by atoms with Crippen molar-refractivity contribution in [3.8, 4) is 0 Å². The standard InChI is InChI=1S/C25H28N6O4S2/c1-36(32,33)15-13-27-12-5-14-31(24-16-19-17-29-25(26)30-23(19)18-28-24)20-8-10-22(11-9-20)37(34,35)21-6-3-2-4-7-21/h2-4,6-11,16-18,27H,5,12-15H2,1H3,(H2,26,29,30). The average molecular weight is 541 g/mol. The first-order valence-electron chi connectivity index (χ1n) is 11.6. The van der Waals surface area contributed by atoms with Crippen LogP contribution >= 0.6 is 0 Å². The summed E-state index contributed by atoms with van der Waals surface area (Å²) in [5.74, 6) is 0.869. The summed E-state index contributed by atoms with van der Waals surface area (Å²) in [4.78, 5) is 15.2. The largest absolute Gasteiger partial charge is 0.368 e. The van der Waals surface area contributed by atoms with E-state index in [0.29, 0.717) is 37.4 Å². The molecule has 4 rings (SSSR count). The lowest BCUT2D eigenvalue weighted by Gasteiger charge is -2.24. The maximum atomic E-state index is 13.0. The Bertz CT molecular complexity index is 1580. The lowest BCUT2D eigenvalue weighted by Crippen LogP contribution is -2.27. The van der Waals surface area contributed by atoms with Crippen molar-refractivity contribution >= 4 is 48.0 Å². The van der Waals surface area contributed by atoms with Crippen LogP contribution in [0.15, 0.2) is 82.8 Å². The van der Waals surface area contributed by atoms with Crippen molar-refractivity contribution in [2.45, 2.75) is 16.2 Å². The van der Waals surface area contributed by atoms with E-state index in [1.54, 1.807) is 67.0 Å². The molecule has 0 fully saturated rings. The number of benzene rings is 2. The number of sulfone groups is 2. The highest BCUT2D eigenvalue weighted by Crippen LogP contribution is 2.29. The number of hydrogen-bond donors (Lipinski definition) is 2. The van der Waals surface area contributed by atoms with Gasteiger partial charge in [0.15, 0.2) is 0 Å². The van der Waals surface area contributed by atoms with Crippen molar-refractivity contribution in [1.29, 1.82) is 0 Å². The van der Waals surface area contributed by atoms with Gasteiger partial charge < -0.3 is 16.0 Å². The molecule has 0 aliphatic heterocycles. The van der Waals surface area contributed by atoms with Crippen molar-refractivity contribution in [3.63, 3.8) is 0 Å². The summed E-state index contributed by atoms with van der Waals surface area (Å²) in [5, 5.41) is 3.91. The second kappa shape index (κ2) is 11.2. The van der Waals surface area contributed by atoms with Gasteiger partial charge in [0.1, 0.15) is 15.7 Å². The van der Waals surface area contributed by atoms with E-state index in [1.165, 1.54) is 6.26 Å². The van der Waals surface area contributed by atoms with Gasteiger partial charge in [0.25, 0.3) is 0 Å². The number of nitrogens with zero attached hydrogens (tertiary/aromatic N) is 4. The molecule has 2 heterocycles. The molecule has 2 aromatic heterocycles. The number of fused-ring (bicyclic) bond motifs is 1. The average Bonchev–Trinajstić information content (AvgIpc) is 2.88. The smallest absolute Gasteiger partial charge is 0.220 e. The minimum Gasteiger partial charge on any atom is -0.368 e. The number of nitrogens with two attached hydrogens (primary N) is 1. The lowest BCUT2D eigenvalue weighted by molar-refractivity contribution is 0.594. The Balaban J connectivity index is 1.58. The van der Waals surface area contributed by atoms with E-state index < -0.39 is 19.7 Å². The van der Waals surface area contributed by atoms with Gasteiger partial charge >= 0.3 is 0 Å². The first kappa shape index (κ1) is 26.5. The fourth-order valence-electron chi connectivity index (χ4n) is 3.75. The molecule has 0 aliphatic rings. The zero-order valence-corrected chi connectivity index (χ0v) is 21.9. The van der Waals surface area contributed by atoms with Crippen LogP contribution in [0, 0.1) is 0 Å². The molecule has 0 amide bonds. The summed E-state index contributed by atoms with van der Waals surface area (Å²) < 4.78 is 48.7. The zero-order valence-electron chi connectivity index (χ0n) is 20.3. The summed E-state index contributed by atoms with van der Waals surface area (Å²) in [6.07, 6.45) is 5.14. The molecule has 0 spiro atoms. The Morgan fingerprint density at radius 2 is 1.59 bits per heavy atom. The van der Waals surface area contributed by atoms with Gasteiger partial charge in [-0.3, -0.25) is 0 Å². The van der Waals surface area contributed by atoms with Crippen LogP contribution in [0.3, 0.4) is 0 Å². The molecule has 3 N–H and O–H groups in total. The second-order valence-electron chi connectivity index (χ2n) is 8.52. The molecule has 37 heavy (non-hydrogen) atoms. The van der Waals surface area contributed by atoms with Crippen molar-refractivity contribution in [1.82, 2.24) is 20.3 Å². The van der Waals surface area contributed by atoms with E-state index in [0.717, 1.165) is 11.1 Å². The van der Waals surface area contributed by atoms with E-state index >= 15 is 0 Å². The van der Waals surface area contributed by atoms with Crippen molar-refractivity contribution in [2.24, 2.45) is 0 Å². The number of aromatic nitrogens is 3. The Hall–Kier alpha value is -3.61. The fraction of sp³-hybridized carbons (Fsp3) is 0.240. The predicted molar refractivity (Wildman–Crippen MR) is 144 cm³/mol. The molecule has 0 bridgehead atoms. The van der Waals surface area contributed by atoms with Crippen LogP contribution in [0.2, 0.25) is 0 Å². The topological polar surface area (TPSA) is 148 Å². The minimum absolute atomic E-state index is 0.0728. The van der Waals surface area contributed by atoms with Crippen LogP contribution in [0.4, 0.5) is 17.5 Å². The summed E-state index contributed by atoms with van der Waals surface area (Å²) in [7, 11) is -6.67. The van der Waals surface area contributed by atoms with Crippen LogP contribution in [0.1, 0.15) is 6.42 Å². The first-order valence-corrected chi connectivity index (χ1v) is 15.1. The van der Waals surface area contributed by atoms with Crippen LogP contribution in [-0.2, 0) is 19.7 Å². The van der Waals surface area contributed by atoms with Crippen molar-refractivity contribution < 1.29 is 16.8 Å². The highest BCUT2D eigenvalue weighted by molar-refractivity contribution is 7.91. The van der Waals surface area contributed by atoms with Crippen molar-refractivity contribution in [2.75, 3.05) is 42.3 Å². The first-order chi connectivity index (χ1) is 17.6. The van der Waals surface area contributed by atoms with E-state index in [-0.39, 0.29) is 21.5 Å². The third-order valence-corrected chi connectivity index (χ3v) is 8.38. The van der Waals surface area contributed by atoms with Crippen LogP contribution in [0.5, 0.6) is 0 Å². The van der Waals surface area contributed by atoms with Gasteiger partial charge in [-0.2, -0.15) is 0 Å². The quantitative estimate of drug-likeness (QED) is 0.272. The molecule has 0 radical (unpaired) electrons. The van der Waals surface area contributed by atoms with E-state index in [4.69, 9.17) is 5.73 Å². The van der Waals surface area contributed by atoms with Gasteiger partial charge in [0.05, 0.1) is 27.3 Å². The van der Waals surface area contributed by atoms with E-state index in [9.17, 15) is 16.8 Å². The molecule has 0 aliphatic carbocycles. The summed E-state index contributed by atoms with van der Waals surface area (Å²) in [6.45, 7) is 1.52. The van der Waals surface area contributed by atoms with Crippen LogP contribution in [0.25, 0.3) is 10.9 Å². The molecule has 0 saturated carbocycles. The summed E-state index contributed by atoms with van der Waals surface area (Å²) >= 11 is 0. The third-order valence-electron chi connectivity index (χ3n) is 5.64.